The van der Waals surface area contributed by atoms with E-state index in [0.717, 1.165) is 6.92 Å². The minimum Gasteiger partial charge on any atom is -0.248 e. The molecule has 0 heterocycles. The Morgan fingerprint density at radius 1 is 1.05 bits per heavy atom. The van der Waals surface area contributed by atoms with E-state index < -0.39 is 51.3 Å². The molecule has 1 rings (SSSR count). The van der Waals surface area contributed by atoms with Crippen molar-refractivity contribution in [1.82, 2.24) is 0 Å². The summed E-state index contributed by atoms with van der Waals surface area (Å²) >= 11 is 4.51. The molecule has 0 aromatic rings. The van der Waals surface area contributed by atoms with Crippen molar-refractivity contribution in [3.63, 3.8) is 0 Å². The molecular formula is C8H5ClF6O4S. The molecule has 0 unspecified atom stereocenters. The standard InChI is InChI=1S/C8H5ClF6O4S/c1-2-18-20(16,17)19-8(15)5(12)3(10)7(9,14)4(11)6(8)13/h2H2,1H3. The summed E-state index contributed by atoms with van der Waals surface area (Å²) in [6, 6.07) is 0. The van der Waals surface area contributed by atoms with Crippen LogP contribution in [0.2, 0.25) is 0 Å². The normalized spacial score (nSPS) is 32.0. The molecule has 0 atom stereocenters. The molecule has 1 aliphatic rings. The highest BCUT2D eigenvalue weighted by molar-refractivity contribution is 7.81. The van der Waals surface area contributed by atoms with Gasteiger partial charge in [0.2, 0.25) is 11.7 Å². The highest BCUT2D eigenvalue weighted by Crippen LogP contribution is 2.52. The Bertz CT molecular complexity index is 556. The average molecular weight is 347 g/mol. The van der Waals surface area contributed by atoms with Gasteiger partial charge in [-0.2, -0.15) is 17.0 Å². The first-order chi connectivity index (χ1) is 8.90. The summed E-state index contributed by atoms with van der Waals surface area (Å²) in [5.74, 6) is -16.8. The van der Waals surface area contributed by atoms with Gasteiger partial charge in [0.1, 0.15) is 0 Å². The zero-order chi connectivity index (χ0) is 15.9. The maximum atomic E-state index is 13.8. The number of allylic oxidation sites excluding steroid dienone is 2. The van der Waals surface area contributed by atoms with Crippen molar-refractivity contribution in [1.29, 1.82) is 0 Å². The van der Waals surface area contributed by atoms with Crippen molar-refractivity contribution in [2.45, 2.75) is 17.9 Å². The Balaban J connectivity index is 3.40. The van der Waals surface area contributed by atoms with E-state index in [-0.39, 0.29) is 0 Å². The van der Waals surface area contributed by atoms with Crippen molar-refractivity contribution in [2.24, 2.45) is 0 Å². The molecule has 12 heteroatoms. The molecule has 0 saturated heterocycles. The van der Waals surface area contributed by atoms with Gasteiger partial charge in [0.15, 0.2) is 11.7 Å². The molecule has 116 valence electrons. The highest BCUT2D eigenvalue weighted by Gasteiger charge is 2.61. The second-order valence-electron chi connectivity index (χ2n) is 3.32. The first-order valence-corrected chi connectivity index (χ1v) is 6.40. The smallest absolute Gasteiger partial charge is 0.248 e. The van der Waals surface area contributed by atoms with Crippen molar-refractivity contribution >= 4 is 22.0 Å². The van der Waals surface area contributed by atoms with Gasteiger partial charge in [-0.3, -0.25) is 0 Å². The summed E-state index contributed by atoms with van der Waals surface area (Å²) in [4.78, 5) is 0. The first-order valence-electron chi connectivity index (χ1n) is 4.69. The molecular weight excluding hydrogens is 342 g/mol. The van der Waals surface area contributed by atoms with E-state index in [4.69, 9.17) is 0 Å². The highest BCUT2D eigenvalue weighted by atomic mass is 35.5. The quantitative estimate of drug-likeness (QED) is 0.579. The second-order valence-corrected chi connectivity index (χ2v) is 5.06. The van der Waals surface area contributed by atoms with Gasteiger partial charge in [-0.25, -0.2) is 26.1 Å². The summed E-state index contributed by atoms with van der Waals surface area (Å²) in [6.07, 6.45) is 0. The molecule has 0 aromatic carbocycles. The topological polar surface area (TPSA) is 52.6 Å². The van der Waals surface area contributed by atoms with Crippen LogP contribution in [0.3, 0.4) is 0 Å². The number of halogens is 7. The van der Waals surface area contributed by atoms with Crippen LogP contribution in [0.15, 0.2) is 23.3 Å². The summed E-state index contributed by atoms with van der Waals surface area (Å²) in [6.45, 7) is 0.445. The van der Waals surface area contributed by atoms with Crippen molar-refractivity contribution in [3.05, 3.63) is 23.3 Å². The number of alkyl halides is 3. The minimum absolute atomic E-state index is 0.636. The van der Waals surface area contributed by atoms with E-state index in [1.165, 1.54) is 0 Å². The molecule has 0 N–H and O–H groups in total. The lowest BCUT2D eigenvalue weighted by atomic mass is 10.0. The maximum absolute atomic E-state index is 13.8. The number of hydrogen-bond acceptors (Lipinski definition) is 4. The molecule has 4 nitrogen and oxygen atoms in total. The monoisotopic (exact) mass is 346 g/mol. The molecule has 0 saturated carbocycles. The molecule has 0 bridgehead atoms. The fourth-order valence-corrected chi connectivity index (χ4v) is 2.06. The summed E-state index contributed by atoms with van der Waals surface area (Å²) in [7, 11) is -5.36. The molecule has 20 heavy (non-hydrogen) atoms. The van der Waals surface area contributed by atoms with E-state index in [0.29, 0.717) is 0 Å². The Kier molecular flexibility index (Phi) is 4.49. The van der Waals surface area contributed by atoms with Gasteiger partial charge in [0, 0.05) is 0 Å². The van der Waals surface area contributed by atoms with Crippen molar-refractivity contribution < 1.29 is 43.1 Å². The van der Waals surface area contributed by atoms with Gasteiger partial charge in [0.05, 0.1) is 6.61 Å². The van der Waals surface area contributed by atoms with E-state index in [1.807, 2.05) is 0 Å². The SMILES string of the molecule is CCOS(=O)(=O)OC1(F)C(F)=C(F)C(F)(Cl)C(F)=C1F. The van der Waals surface area contributed by atoms with Crippen LogP contribution < -0.4 is 0 Å². The summed E-state index contributed by atoms with van der Waals surface area (Å²) < 4.78 is 108. The molecule has 1 aliphatic carbocycles. The predicted molar refractivity (Wildman–Crippen MR) is 53.6 cm³/mol. The molecule has 0 radical (unpaired) electrons. The van der Waals surface area contributed by atoms with Gasteiger partial charge in [-0.15, -0.1) is 0 Å². The van der Waals surface area contributed by atoms with Gasteiger partial charge >= 0.3 is 16.3 Å². The van der Waals surface area contributed by atoms with Crippen LogP contribution in [0.4, 0.5) is 26.3 Å². The zero-order valence-corrected chi connectivity index (χ0v) is 11.0. The maximum Gasteiger partial charge on any atom is 0.403 e. The fourth-order valence-electron chi connectivity index (χ4n) is 1.13. The third kappa shape index (κ3) is 2.67. The molecule has 0 aliphatic heterocycles. The Morgan fingerprint density at radius 2 is 1.45 bits per heavy atom. The number of hydrogen-bond donors (Lipinski definition) is 0. The molecule has 0 fully saturated rings. The van der Waals surface area contributed by atoms with Crippen LogP contribution in [0, 0.1) is 0 Å². The van der Waals surface area contributed by atoms with Crippen LogP contribution in [0.1, 0.15) is 6.92 Å². The summed E-state index contributed by atoms with van der Waals surface area (Å²) in [5.41, 5.74) is 0. The van der Waals surface area contributed by atoms with E-state index >= 15 is 0 Å². The lowest BCUT2D eigenvalue weighted by molar-refractivity contribution is -0.0490. The van der Waals surface area contributed by atoms with Gasteiger partial charge in [-0.05, 0) is 6.92 Å². The third-order valence-electron chi connectivity index (χ3n) is 1.98. The molecule has 0 aromatic heterocycles. The van der Waals surface area contributed by atoms with Crippen LogP contribution in [0.5, 0.6) is 0 Å². The van der Waals surface area contributed by atoms with Crippen LogP contribution in [0.25, 0.3) is 0 Å². The Labute approximate surface area is 113 Å². The van der Waals surface area contributed by atoms with Gasteiger partial charge in [0.25, 0.3) is 5.13 Å². The Morgan fingerprint density at radius 3 is 1.80 bits per heavy atom. The van der Waals surface area contributed by atoms with E-state index in [1.54, 1.807) is 0 Å². The predicted octanol–water partition coefficient (Wildman–Crippen LogP) is 3.17. The third-order valence-corrected chi connectivity index (χ3v) is 3.27. The lowest BCUT2D eigenvalue weighted by Crippen LogP contribution is -2.40. The van der Waals surface area contributed by atoms with Crippen molar-refractivity contribution in [2.75, 3.05) is 6.61 Å². The summed E-state index contributed by atoms with van der Waals surface area (Å²) in [5, 5.41) is -4.44. The second kappa shape index (κ2) is 5.20. The van der Waals surface area contributed by atoms with E-state index in [2.05, 4.69) is 20.0 Å². The van der Waals surface area contributed by atoms with Crippen molar-refractivity contribution in [3.8, 4) is 0 Å². The minimum atomic E-state index is -5.36. The van der Waals surface area contributed by atoms with Crippen LogP contribution in [-0.2, 0) is 18.8 Å². The lowest BCUT2D eigenvalue weighted by Gasteiger charge is -2.28. The zero-order valence-electron chi connectivity index (χ0n) is 9.39. The van der Waals surface area contributed by atoms with Crippen LogP contribution in [-0.4, -0.2) is 26.0 Å². The molecule has 0 amide bonds. The van der Waals surface area contributed by atoms with Gasteiger partial charge in [-0.1, -0.05) is 11.6 Å². The van der Waals surface area contributed by atoms with E-state index in [9.17, 15) is 34.8 Å². The average Bonchev–Trinajstić information content (AvgIpc) is 2.32. The first kappa shape index (κ1) is 17.3. The fraction of sp³-hybridized carbons (Fsp3) is 0.500. The largest absolute Gasteiger partial charge is 0.403 e. The number of rotatable bonds is 4. The molecule has 0 spiro atoms. The van der Waals surface area contributed by atoms with Gasteiger partial charge < -0.3 is 0 Å². The Hall–Kier alpha value is -0.780. The van der Waals surface area contributed by atoms with Crippen LogP contribution >= 0.6 is 11.6 Å².